The van der Waals surface area contributed by atoms with Gasteiger partial charge >= 0.3 is 0 Å². The summed E-state index contributed by atoms with van der Waals surface area (Å²) in [5.41, 5.74) is 1.45. The fraction of sp³-hybridized carbons (Fsp3) is 0.182. The normalized spacial score (nSPS) is 11.1. The highest BCUT2D eigenvalue weighted by Crippen LogP contribution is 2.14. The second kappa shape index (κ2) is 8.20. The number of pyridine rings is 1. The van der Waals surface area contributed by atoms with Crippen LogP contribution in [0.3, 0.4) is 0 Å². The van der Waals surface area contributed by atoms with Gasteiger partial charge in [-0.15, -0.1) is 0 Å². The van der Waals surface area contributed by atoms with Crippen LogP contribution in [0, 0.1) is 0 Å². The highest BCUT2D eigenvalue weighted by molar-refractivity contribution is 5.94. The van der Waals surface area contributed by atoms with E-state index >= 15 is 0 Å². The monoisotopic (exact) mass is 388 g/mol. The van der Waals surface area contributed by atoms with Gasteiger partial charge in [-0.25, -0.2) is 9.97 Å². The number of ether oxygens (including phenoxy) is 1. The van der Waals surface area contributed by atoms with E-state index in [0.29, 0.717) is 35.6 Å². The highest BCUT2D eigenvalue weighted by Gasteiger charge is 2.19. The number of para-hydroxylation sites is 2. The number of carbonyl (C=O) groups is 1. The number of nitrogens with zero attached hydrogens (tertiary/aromatic N) is 3. The van der Waals surface area contributed by atoms with Gasteiger partial charge in [0, 0.05) is 19.0 Å². The lowest BCUT2D eigenvalue weighted by Crippen LogP contribution is -2.35. The summed E-state index contributed by atoms with van der Waals surface area (Å²) in [6.07, 6.45) is 0. The second-order valence-corrected chi connectivity index (χ2v) is 6.64. The molecule has 0 spiro atoms. The maximum absolute atomic E-state index is 13.1. The van der Waals surface area contributed by atoms with Crippen molar-refractivity contribution in [1.29, 1.82) is 0 Å². The van der Waals surface area contributed by atoms with Crippen LogP contribution in [0.25, 0.3) is 21.8 Å². The number of aromatic amines is 1. The van der Waals surface area contributed by atoms with Gasteiger partial charge in [0.05, 0.1) is 29.6 Å². The molecule has 1 amide bonds. The van der Waals surface area contributed by atoms with Gasteiger partial charge in [-0.05, 0) is 24.3 Å². The van der Waals surface area contributed by atoms with Gasteiger partial charge in [-0.3, -0.25) is 9.59 Å². The van der Waals surface area contributed by atoms with Crippen LogP contribution in [0.5, 0.6) is 0 Å². The third-order valence-corrected chi connectivity index (χ3v) is 4.67. The number of aromatic nitrogens is 3. The summed E-state index contributed by atoms with van der Waals surface area (Å²) in [7, 11) is 1.58. The van der Waals surface area contributed by atoms with E-state index in [-0.39, 0.29) is 18.0 Å². The van der Waals surface area contributed by atoms with Gasteiger partial charge in [-0.2, -0.15) is 0 Å². The molecular weight excluding hydrogens is 368 g/mol. The largest absolute Gasteiger partial charge is 0.383 e. The predicted octanol–water partition coefficient (Wildman–Crippen LogP) is 2.76. The zero-order valence-corrected chi connectivity index (χ0v) is 16.0. The molecule has 146 valence electrons. The smallest absolute Gasteiger partial charge is 0.272 e. The molecule has 2 aromatic carbocycles. The minimum atomic E-state index is -0.247. The number of rotatable bonds is 6. The Bertz CT molecular complexity index is 1240. The van der Waals surface area contributed by atoms with E-state index in [1.54, 1.807) is 36.3 Å². The molecule has 4 aromatic rings. The Balaban J connectivity index is 1.66. The molecule has 1 N–H and O–H groups in total. The van der Waals surface area contributed by atoms with Gasteiger partial charge in [0.15, 0.2) is 0 Å². The summed E-state index contributed by atoms with van der Waals surface area (Å²) in [6, 6.07) is 18.3. The Kier molecular flexibility index (Phi) is 5.31. The molecular formula is C22H20N4O3. The topological polar surface area (TPSA) is 88.2 Å². The molecule has 0 atom stereocenters. The van der Waals surface area contributed by atoms with Crippen molar-refractivity contribution in [2.24, 2.45) is 0 Å². The number of H-pyrrole nitrogens is 1. The van der Waals surface area contributed by atoms with Gasteiger partial charge in [-0.1, -0.05) is 36.4 Å². The van der Waals surface area contributed by atoms with E-state index in [2.05, 4.69) is 15.0 Å². The molecule has 0 saturated carbocycles. The van der Waals surface area contributed by atoms with Crippen molar-refractivity contribution in [2.75, 3.05) is 20.3 Å². The second-order valence-electron chi connectivity index (χ2n) is 6.64. The first kappa shape index (κ1) is 18.8. The molecule has 0 unspecified atom stereocenters. The first-order valence-electron chi connectivity index (χ1n) is 9.27. The molecule has 7 nitrogen and oxygen atoms in total. The van der Waals surface area contributed by atoms with Gasteiger partial charge in [0.25, 0.3) is 11.5 Å². The fourth-order valence-corrected chi connectivity index (χ4v) is 3.19. The number of amides is 1. The van der Waals surface area contributed by atoms with E-state index in [1.165, 1.54) is 0 Å². The molecule has 0 bridgehead atoms. The molecule has 7 heteroatoms. The molecule has 0 aliphatic carbocycles. The molecule has 0 aliphatic heterocycles. The minimum Gasteiger partial charge on any atom is -0.383 e. The quantitative estimate of drug-likeness (QED) is 0.549. The number of hydrogen-bond acceptors (Lipinski definition) is 5. The third kappa shape index (κ3) is 4.00. The van der Waals surface area contributed by atoms with E-state index in [4.69, 9.17) is 4.74 Å². The SMILES string of the molecule is COCCN(Cc1nc2ccccc2c(=O)[nH]1)C(=O)c1ccc2ccccc2n1. The molecule has 0 radical (unpaired) electrons. The number of hydrogen-bond donors (Lipinski definition) is 1. The van der Waals surface area contributed by atoms with Gasteiger partial charge < -0.3 is 14.6 Å². The number of carbonyl (C=O) groups excluding carboxylic acids is 1. The van der Waals surface area contributed by atoms with Crippen LogP contribution in [0.2, 0.25) is 0 Å². The standard InChI is InChI=1S/C22H20N4O3/c1-29-13-12-26(14-20-24-18-9-5-3-7-16(18)21(27)25-20)22(28)19-11-10-15-6-2-4-8-17(15)23-19/h2-11H,12-14H2,1H3,(H,24,25,27). The average molecular weight is 388 g/mol. The fourth-order valence-electron chi connectivity index (χ4n) is 3.19. The molecule has 2 heterocycles. The highest BCUT2D eigenvalue weighted by atomic mass is 16.5. The summed E-state index contributed by atoms with van der Waals surface area (Å²) in [5, 5.41) is 1.48. The lowest BCUT2D eigenvalue weighted by Gasteiger charge is -2.21. The van der Waals surface area contributed by atoms with E-state index in [0.717, 1.165) is 10.9 Å². The summed E-state index contributed by atoms with van der Waals surface area (Å²) in [5.74, 6) is 0.169. The Labute approximate surface area is 167 Å². The van der Waals surface area contributed by atoms with Crippen molar-refractivity contribution in [3.8, 4) is 0 Å². The molecule has 2 aromatic heterocycles. The number of fused-ring (bicyclic) bond motifs is 2. The Hall–Kier alpha value is -3.58. The number of benzene rings is 2. The number of nitrogens with one attached hydrogen (secondary N) is 1. The zero-order valence-electron chi connectivity index (χ0n) is 16.0. The Morgan fingerprint density at radius 3 is 2.59 bits per heavy atom. The molecule has 0 saturated heterocycles. The zero-order chi connectivity index (χ0) is 20.2. The van der Waals surface area contributed by atoms with Crippen molar-refractivity contribution in [2.45, 2.75) is 6.54 Å². The van der Waals surface area contributed by atoms with Crippen LogP contribution in [-0.4, -0.2) is 46.0 Å². The van der Waals surface area contributed by atoms with E-state index in [1.807, 2.05) is 36.4 Å². The van der Waals surface area contributed by atoms with Gasteiger partial charge in [0.2, 0.25) is 0 Å². The maximum atomic E-state index is 13.1. The van der Waals surface area contributed by atoms with E-state index in [9.17, 15) is 9.59 Å². The molecule has 4 rings (SSSR count). The van der Waals surface area contributed by atoms with Crippen molar-refractivity contribution in [3.05, 3.63) is 82.5 Å². The Morgan fingerprint density at radius 1 is 1.00 bits per heavy atom. The van der Waals surface area contributed by atoms with Crippen molar-refractivity contribution < 1.29 is 9.53 Å². The van der Waals surface area contributed by atoms with Crippen LogP contribution in [0.15, 0.2) is 65.5 Å². The summed E-state index contributed by atoms with van der Waals surface area (Å²) < 4.78 is 5.15. The van der Waals surface area contributed by atoms with Gasteiger partial charge in [0.1, 0.15) is 11.5 Å². The minimum absolute atomic E-state index is 0.150. The van der Waals surface area contributed by atoms with Crippen molar-refractivity contribution in [1.82, 2.24) is 19.9 Å². The molecule has 0 aliphatic rings. The van der Waals surface area contributed by atoms with E-state index < -0.39 is 0 Å². The first-order valence-corrected chi connectivity index (χ1v) is 9.27. The van der Waals surface area contributed by atoms with Crippen LogP contribution in [0.4, 0.5) is 0 Å². The van der Waals surface area contributed by atoms with Crippen LogP contribution < -0.4 is 5.56 Å². The summed E-state index contributed by atoms with van der Waals surface area (Å²) >= 11 is 0. The van der Waals surface area contributed by atoms with Crippen molar-refractivity contribution >= 4 is 27.7 Å². The molecule has 0 fully saturated rings. The van der Waals surface area contributed by atoms with Crippen LogP contribution >= 0.6 is 0 Å². The van der Waals surface area contributed by atoms with Crippen LogP contribution in [-0.2, 0) is 11.3 Å². The predicted molar refractivity (Wildman–Crippen MR) is 111 cm³/mol. The summed E-state index contributed by atoms with van der Waals surface area (Å²) in [4.78, 5) is 38.8. The number of methoxy groups -OCH3 is 1. The van der Waals surface area contributed by atoms with Crippen molar-refractivity contribution in [3.63, 3.8) is 0 Å². The first-order chi connectivity index (χ1) is 14.2. The maximum Gasteiger partial charge on any atom is 0.272 e. The third-order valence-electron chi connectivity index (χ3n) is 4.67. The van der Waals surface area contributed by atoms with Crippen LogP contribution in [0.1, 0.15) is 16.3 Å². The Morgan fingerprint density at radius 2 is 1.76 bits per heavy atom. The summed E-state index contributed by atoms with van der Waals surface area (Å²) in [6.45, 7) is 0.855. The lowest BCUT2D eigenvalue weighted by molar-refractivity contribution is 0.0670. The molecule has 29 heavy (non-hydrogen) atoms. The lowest BCUT2D eigenvalue weighted by atomic mass is 10.2. The average Bonchev–Trinajstić information content (AvgIpc) is 2.76.